The molecule has 3 rings (SSSR count). The van der Waals surface area contributed by atoms with Gasteiger partial charge in [0.25, 0.3) is 0 Å². The summed E-state index contributed by atoms with van der Waals surface area (Å²) in [5.41, 5.74) is 0.204. The molecule has 0 unspecified atom stereocenters. The standard InChI is InChI=1S/C19H21F3N2O3S/c1-17(2,3)28(25)24-18(10-12-26-15-5-4-11-23-16(15)18)13-6-8-14(9-7-13)27-19(20,21)22/h4-9,11,24H,10,12H2,1-3H3/t18-,28+/m0/s1. The van der Waals surface area contributed by atoms with Crippen LogP contribution in [0.15, 0.2) is 42.6 Å². The molecule has 0 spiro atoms. The average Bonchev–Trinajstić information content (AvgIpc) is 2.60. The van der Waals surface area contributed by atoms with E-state index < -0.39 is 27.6 Å². The number of fused-ring (bicyclic) bond motifs is 1. The van der Waals surface area contributed by atoms with Crippen molar-refractivity contribution in [2.24, 2.45) is 0 Å². The minimum absolute atomic E-state index is 0.323. The second-order valence-corrected chi connectivity index (χ2v) is 9.38. The molecule has 1 aromatic heterocycles. The van der Waals surface area contributed by atoms with Crippen molar-refractivity contribution in [3.63, 3.8) is 0 Å². The maximum absolute atomic E-state index is 12.9. The monoisotopic (exact) mass is 414 g/mol. The molecule has 1 aliphatic rings. The van der Waals surface area contributed by atoms with Crippen molar-refractivity contribution < 1.29 is 26.9 Å². The topological polar surface area (TPSA) is 60.5 Å². The van der Waals surface area contributed by atoms with Crippen molar-refractivity contribution in [3.05, 3.63) is 53.9 Å². The van der Waals surface area contributed by atoms with Gasteiger partial charge in [0.1, 0.15) is 22.7 Å². The first-order chi connectivity index (χ1) is 13.0. The predicted molar refractivity (Wildman–Crippen MR) is 99.3 cm³/mol. The van der Waals surface area contributed by atoms with Crippen LogP contribution in [0.1, 0.15) is 38.4 Å². The van der Waals surface area contributed by atoms with Gasteiger partial charge in [0, 0.05) is 12.6 Å². The third-order valence-electron chi connectivity index (χ3n) is 4.31. The largest absolute Gasteiger partial charge is 0.573 e. The van der Waals surface area contributed by atoms with Gasteiger partial charge >= 0.3 is 6.36 Å². The minimum Gasteiger partial charge on any atom is -0.491 e. The Balaban J connectivity index is 2.07. The van der Waals surface area contributed by atoms with Gasteiger partial charge < -0.3 is 9.47 Å². The van der Waals surface area contributed by atoms with Crippen LogP contribution in [0.5, 0.6) is 11.5 Å². The van der Waals surface area contributed by atoms with Crippen LogP contribution in [0.2, 0.25) is 0 Å². The number of rotatable bonds is 4. The molecule has 0 bridgehead atoms. The molecule has 152 valence electrons. The normalized spacial score (nSPS) is 20.8. The Morgan fingerprint density at radius 2 is 1.86 bits per heavy atom. The molecule has 1 aromatic carbocycles. The van der Waals surface area contributed by atoms with Crippen LogP contribution < -0.4 is 14.2 Å². The molecule has 1 N–H and O–H groups in total. The molecule has 0 radical (unpaired) electrons. The summed E-state index contributed by atoms with van der Waals surface area (Å²) in [6.07, 6.45) is -2.75. The van der Waals surface area contributed by atoms with Gasteiger partial charge in [-0.2, -0.15) is 0 Å². The van der Waals surface area contributed by atoms with E-state index in [0.717, 1.165) is 0 Å². The van der Waals surface area contributed by atoms with E-state index in [1.165, 1.54) is 24.3 Å². The number of alkyl halides is 3. The van der Waals surface area contributed by atoms with E-state index in [0.29, 0.717) is 30.0 Å². The van der Waals surface area contributed by atoms with Crippen LogP contribution in [0.4, 0.5) is 13.2 Å². The Morgan fingerprint density at radius 1 is 1.18 bits per heavy atom. The number of ether oxygens (including phenoxy) is 2. The summed E-state index contributed by atoms with van der Waals surface area (Å²) >= 11 is 0. The first-order valence-corrected chi connectivity index (χ1v) is 9.80. The van der Waals surface area contributed by atoms with Crippen molar-refractivity contribution in [1.29, 1.82) is 0 Å². The molecular weight excluding hydrogens is 393 g/mol. The average molecular weight is 414 g/mol. The summed E-state index contributed by atoms with van der Waals surface area (Å²) < 4.78 is 62.6. The highest BCUT2D eigenvalue weighted by Gasteiger charge is 2.44. The molecule has 2 heterocycles. The Labute approximate surface area is 163 Å². The highest BCUT2D eigenvalue weighted by molar-refractivity contribution is 7.84. The number of nitrogens with zero attached hydrogens (tertiary/aromatic N) is 1. The van der Waals surface area contributed by atoms with Crippen LogP contribution >= 0.6 is 0 Å². The lowest BCUT2D eigenvalue weighted by molar-refractivity contribution is -0.274. The summed E-state index contributed by atoms with van der Waals surface area (Å²) in [5, 5.41) is 0. The van der Waals surface area contributed by atoms with Gasteiger partial charge in [0.15, 0.2) is 0 Å². The number of aromatic nitrogens is 1. The number of hydrogen-bond acceptors (Lipinski definition) is 4. The maximum Gasteiger partial charge on any atom is 0.573 e. The van der Waals surface area contributed by atoms with Gasteiger partial charge in [-0.15, -0.1) is 13.2 Å². The van der Waals surface area contributed by atoms with Crippen LogP contribution in [0, 0.1) is 0 Å². The van der Waals surface area contributed by atoms with E-state index in [1.54, 1.807) is 18.3 Å². The van der Waals surface area contributed by atoms with Gasteiger partial charge in [-0.25, -0.2) is 8.93 Å². The van der Waals surface area contributed by atoms with E-state index in [9.17, 15) is 17.4 Å². The van der Waals surface area contributed by atoms with E-state index in [-0.39, 0.29) is 5.75 Å². The molecule has 2 aromatic rings. The Hall–Kier alpha value is -2.13. The van der Waals surface area contributed by atoms with E-state index in [1.807, 2.05) is 20.8 Å². The summed E-state index contributed by atoms with van der Waals surface area (Å²) in [5.74, 6) is 0.222. The fourth-order valence-electron chi connectivity index (χ4n) is 2.95. The summed E-state index contributed by atoms with van der Waals surface area (Å²) in [7, 11) is -1.46. The highest BCUT2D eigenvalue weighted by Crippen LogP contribution is 2.42. The lowest BCUT2D eigenvalue weighted by Gasteiger charge is -2.40. The molecular formula is C19H21F3N2O3S. The number of benzene rings is 1. The summed E-state index contributed by atoms with van der Waals surface area (Å²) in [6, 6.07) is 9.03. The van der Waals surface area contributed by atoms with Crippen LogP contribution in [-0.4, -0.2) is 26.9 Å². The predicted octanol–water partition coefficient (Wildman–Crippen LogP) is 4.06. The van der Waals surface area contributed by atoms with Crippen molar-refractivity contribution >= 4 is 11.0 Å². The smallest absolute Gasteiger partial charge is 0.491 e. The highest BCUT2D eigenvalue weighted by atomic mass is 32.2. The molecule has 0 aliphatic carbocycles. The van der Waals surface area contributed by atoms with Gasteiger partial charge in [-0.3, -0.25) is 4.98 Å². The van der Waals surface area contributed by atoms with Crippen LogP contribution in [0.25, 0.3) is 0 Å². The first kappa shape index (κ1) is 20.6. The van der Waals surface area contributed by atoms with Gasteiger partial charge in [-0.05, 0) is 50.6 Å². The van der Waals surface area contributed by atoms with Crippen LogP contribution in [-0.2, 0) is 16.5 Å². The van der Waals surface area contributed by atoms with Gasteiger partial charge in [0.05, 0.1) is 22.3 Å². The van der Waals surface area contributed by atoms with Crippen molar-refractivity contribution in [2.75, 3.05) is 6.61 Å². The molecule has 5 nitrogen and oxygen atoms in total. The molecule has 0 saturated carbocycles. The molecule has 0 amide bonds. The second kappa shape index (κ2) is 7.36. The minimum atomic E-state index is -4.77. The number of hydrogen-bond donors (Lipinski definition) is 1. The zero-order chi connectivity index (χ0) is 20.6. The molecule has 0 saturated heterocycles. The van der Waals surface area contributed by atoms with E-state index in [2.05, 4.69) is 14.4 Å². The van der Waals surface area contributed by atoms with E-state index in [4.69, 9.17) is 4.74 Å². The third kappa shape index (κ3) is 4.30. The number of nitrogens with one attached hydrogen (secondary N) is 1. The molecule has 2 atom stereocenters. The quantitative estimate of drug-likeness (QED) is 0.820. The first-order valence-electron chi connectivity index (χ1n) is 8.65. The second-order valence-electron chi connectivity index (χ2n) is 7.41. The van der Waals surface area contributed by atoms with Crippen molar-refractivity contribution in [1.82, 2.24) is 9.71 Å². The molecule has 28 heavy (non-hydrogen) atoms. The Bertz CT molecular complexity index is 866. The molecule has 9 heteroatoms. The van der Waals surface area contributed by atoms with Gasteiger partial charge in [-0.1, -0.05) is 12.1 Å². The Morgan fingerprint density at radius 3 is 2.46 bits per heavy atom. The maximum atomic E-state index is 12.9. The molecule has 0 fully saturated rings. The third-order valence-corrected chi connectivity index (χ3v) is 5.96. The van der Waals surface area contributed by atoms with E-state index >= 15 is 0 Å². The molecule has 1 aliphatic heterocycles. The lowest BCUT2D eigenvalue weighted by atomic mass is 9.82. The summed E-state index contributed by atoms with van der Waals surface area (Å²) in [6.45, 7) is 5.85. The van der Waals surface area contributed by atoms with Crippen molar-refractivity contribution in [2.45, 2.75) is 43.8 Å². The van der Waals surface area contributed by atoms with Crippen LogP contribution in [0.3, 0.4) is 0 Å². The van der Waals surface area contributed by atoms with Gasteiger partial charge in [0.2, 0.25) is 0 Å². The van der Waals surface area contributed by atoms with Crippen molar-refractivity contribution in [3.8, 4) is 11.5 Å². The summed E-state index contributed by atoms with van der Waals surface area (Å²) in [4.78, 5) is 4.43. The lowest BCUT2D eigenvalue weighted by Crippen LogP contribution is -2.51. The zero-order valence-corrected chi connectivity index (χ0v) is 16.5. The number of pyridine rings is 1. The Kier molecular flexibility index (Phi) is 5.42. The number of halogens is 3. The fourth-order valence-corrected chi connectivity index (χ4v) is 3.89. The zero-order valence-electron chi connectivity index (χ0n) is 15.7. The fraction of sp³-hybridized carbons (Fsp3) is 0.421. The SMILES string of the molecule is CC(C)(C)[S@@](=O)N[C@]1(c2ccc(OC(F)(F)F)cc2)CCOc2cccnc21.